The summed E-state index contributed by atoms with van der Waals surface area (Å²) < 4.78 is 65.7. The van der Waals surface area contributed by atoms with E-state index in [0.717, 1.165) is 45.2 Å². The fourth-order valence-electron chi connectivity index (χ4n) is 7.74. The summed E-state index contributed by atoms with van der Waals surface area (Å²) in [7, 11) is 0. The van der Waals surface area contributed by atoms with Gasteiger partial charge in [-0.15, -0.1) is 0 Å². The average Bonchev–Trinajstić information content (AvgIpc) is 3.11. The van der Waals surface area contributed by atoms with Gasteiger partial charge in [-0.25, -0.2) is 17.6 Å². The smallest absolute Gasteiger partial charge is 0.261 e. The molecule has 0 unspecified atom stereocenters. The van der Waals surface area contributed by atoms with Crippen molar-refractivity contribution in [2.45, 2.75) is 12.8 Å². The van der Waals surface area contributed by atoms with Gasteiger partial charge in [-0.1, -0.05) is 60.7 Å². The van der Waals surface area contributed by atoms with Crippen molar-refractivity contribution in [1.29, 1.82) is 0 Å². The Morgan fingerprint density at radius 3 is 0.940 bits per heavy atom. The third-order valence-electron chi connectivity index (χ3n) is 9.95. The van der Waals surface area contributed by atoms with Crippen molar-refractivity contribution in [3.05, 3.63) is 142 Å². The number of fused-ring (bicyclic) bond motifs is 2. The van der Waals surface area contributed by atoms with E-state index in [2.05, 4.69) is 0 Å². The summed E-state index contributed by atoms with van der Waals surface area (Å²) in [4.78, 5) is 56.9. The van der Waals surface area contributed by atoms with E-state index >= 15 is 17.6 Å². The number of carbonyl (C=O) groups is 4. The van der Waals surface area contributed by atoms with Crippen molar-refractivity contribution >= 4 is 66.7 Å². The van der Waals surface area contributed by atoms with Gasteiger partial charge >= 0.3 is 0 Å². The van der Waals surface area contributed by atoms with E-state index in [4.69, 9.17) is 0 Å². The highest BCUT2D eigenvalue weighted by Crippen LogP contribution is 2.49. The van der Waals surface area contributed by atoms with Crippen LogP contribution >= 0.6 is 0 Å². The third-order valence-corrected chi connectivity index (χ3v) is 9.95. The molecule has 0 aromatic heterocycles. The van der Waals surface area contributed by atoms with Crippen LogP contribution in [0.2, 0.25) is 0 Å². The summed E-state index contributed by atoms with van der Waals surface area (Å²) in [5.74, 6) is -7.76. The number of benzene rings is 7. The Balaban J connectivity index is 1.28. The van der Waals surface area contributed by atoms with E-state index in [-0.39, 0.29) is 69.7 Å². The molecule has 0 spiro atoms. The summed E-state index contributed by atoms with van der Waals surface area (Å²) in [6.07, 6.45) is 0.574. The zero-order chi connectivity index (χ0) is 34.6. The number of halogens is 4. The van der Waals surface area contributed by atoms with Gasteiger partial charge in [-0.05, 0) is 48.2 Å². The molecule has 2 heterocycles. The molecule has 0 bridgehead atoms. The second kappa shape index (κ2) is 10.7. The molecule has 0 atom stereocenters. The van der Waals surface area contributed by atoms with Gasteiger partial charge in [0.05, 0.1) is 22.3 Å². The Morgan fingerprint density at radius 2 is 0.660 bits per heavy atom. The van der Waals surface area contributed by atoms with Crippen molar-refractivity contribution in [3.63, 3.8) is 0 Å². The SMILES string of the molecule is O=C1c2cc(F)c3c4c(F)cc5c6c(cc(F)c(c7c(F)cc(c2c37)C(=O)N1CCc1ccccc1)c64)C(=O)N(CCc1ccccc1)C5=O. The van der Waals surface area contributed by atoms with E-state index in [0.29, 0.717) is 0 Å². The minimum atomic E-state index is -1.11. The Labute approximate surface area is 280 Å². The summed E-state index contributed by atoms with van der Waals surface area (Å²) >= 11 is 0. The van der Waals surface area contributed by atoms with Crippen LogP contribution in [0.25, 0.3) is 43.1 Å². The molecule has 4 amide bonds. The lowest BCUT2D eigenvalue weighted by molar-refractivity contribution is 0.0596. The number of carbonyl (C=O) groups excluding carboxylic acids is 4. The van der Waals surface area contributed by atoms with E-state index < -0.39 is 68.4 Å². The lowest BCUT2D eigenvalue weighted by atomic mass is 9.81. The number of hydrogen-bond donors (Lipinski definition) is 0. The zero-order valence-electron chi connectivity index (χ0n) is 26.0. The summed E-state index contributed by atoms with van der Waals surface area (Å²) in [5, 5.41) is -2.86. The molecule has 2 aliphatic rings. The van der Waals surface area contributed by atoms with Gasteiger partial charge in [-0.3, -0.25) is 29.0 Å². The van der Waals surface area contributed by atoms with E-state index in [1.54, 1.807) is 24.3 Å². The van der Waals surface area contributed by atoms with Crippen LogP contribution < -0.4 is 0 Å². The first-order valence-electron chi connectivity index (χ1n) is 15.9. The molecule has 0 saturated carbocycles. The van der Waals surface area contributed by atoms with Gasteiger partial charge < -0.3 is 0 Å². The van der Waals surface area contributed by atoms with E-state index in [1.807, 2.05) is 36.4 Å². The quantitative estimate of drug-likeness (QED) is 0.0779. The molecule has 7 aromatic carbocycles. The van der Waals surface area contributed by atoms with E-state index in [1.165, 1.54) is 0 Å². The minimum Gasteiger partial charge on any atom is -0.274 e. The van der Waals surface area contributed by atoms with Crippen LogP contribution in [0.5, 0.6) is 0 Å². The maximum atomic E-state index is 16.4. The zero-order valence-corrected chi connectivity index (χ0v) is 26.0. The standard InChI is InChI=1S/C40H22F4N2O4/c41-25-15-21-29-22(38(48)45(37(21)47)13-11-19-7-3-1-4-8-19)16-26(42)32-34-28(44)18-24-30-23(17-27(43)33(36(30)34)31(25)35(29)32)39(49)46(40(24)50)14-12-20-9-5-2-6-10-20/h1-10,15-18H,11-14H2. The predicted octanol–water partition coefficient (Wildman–Crippen LogP) is 7.97. The molecule has 244 valence electrons. The van der Waals surface area contributed by atoms with Crippen LogP contribution in [0.15, 0.2) is 84.9 Å². The number of hydrogen-bond acceptors (Lipinski definition) is 4. The van der Waals surface area contributed by atoms with Crippen LogP contribution in [0.3, 0.4) is 0 Å². The molecule has 0 aliphatic carbocycles. The maximum absolute atomic E-state index is 16.4. The number of nitrogens with zero attached hydrogens (tertiary/aromatic N) is 2. The molecule has 0 saturated heterocycles. The number of rotatable bonds is 6. The fourth-order valence-corrected chi connectivity index (χ4v) is 7.74. The molecule has 0 fully saturated rings. The molecule has 2 aliphatic heterocycles. The van der Waals surface area contributed by atoms with Crippen molar-refractivity contribution in [2.75, 3.05) is 13.1 Å². The third kappa shape index (κ3) is 4.01. The summed E-state index contributed by atoms with van der Waals surface area (Å²) in [6, 6.07) is 21.6. The predicted molar refractivity (Wildman–Crippen MR) is 179 cm³/mol. The first-order chi connectivity index (χ1) is 24.2. The van der Waals surface area contributed by atoms with Crippen LogP contribution in [-0.4, -0.2) is 46.5 Å². The van der Waals surface area contributed by atoms with Crippen molar-refractivity contribution in [3.8, 4) is 0 Å². The largest absolute Gasteiger partial charge is 0.274 e. The van der Waals surface area contributed by atoms with E-state index in [9.17, 15) is 19.2 Å². The molecule has 50 heavy (non-hydrogen) atoms. The monoisotopic (exact) mass is 670 g/mol. The average molecular weight is 671 g/mol. The molecular formula is C40H22F4N2O4. The highest BCUT2D eigenvalue weighted by atomic mass is 19.1. The van der Waals surface area contributed by atoms with Crippen molar-refractivity contribution in [2.24, 2.45) is 0 Å². The first kappa shape index (κ1) is 29.9. The highest BCUT2D eigenvalue weighted by molar-refractivity contribution is 6.41. The van der Waals surface area contributed by atoms with Crippen LogP contribution in [0, 0.1) is 23.3 Å². The van der Waals surface area contributed by atoms with Gasteiger partial charge in [0.25, 0.3) is 23.6 Å². The van der Waals surface area contributed by atoms with Crippen LogP contribution in [0.1, 0.15) is 52.6 Å². The second-order valence-corrected chi connectivity index (χ2v) is 12.6. The normalized spacial score (nSPS) is 14.4. The Kier molecular flexibility index (Phi) is 6.39. The van der Waals surface area contributed by atoms with Gasteiger partial charge in [0, 0.05) is 56.2 Å². The lowest BCUT2D eigenvalue weighted by Crippen LogP contribution is -2.42. The molecule has 6 nitrogen and oxygen atoms in total. The second-order valence-electron chi connectivity index (χ2n) is 12.6. The van der Waals surface area contributed by atoms with Gasteiger partial charge in [0.15, 0.2) is 0 Å². The topological polar surface area (TPSA) is 74.8 Å². The Hall–Kier alpha value is -6.16. The van der Waals surface area contributed by atoms with Crippen LogP contribution in [-0.2, 0) is 12.8 Å². The van der Waals surface area contributed by atoms with Gasteiger partial charge in [0.2, 0.25) is 0 Å². The Bertz CT molecular complexity index is 2360. The fraction of sp³-hybridized carbons (Fsp3) is 0.100. The minimum absolute atomic E-state index is 0.0727. The molecule has 10 heteroatoms. The molecule has 0 N–H and O–H groups in total. The van der Waals surface area contributed by atoms with Crippen molar-refractivity contribution < 1.29 is 36.7 Å². The lowest BCUT2D eigenvalue weighted by Gasteiger charge is -2.30. The molecule has 7 aromatic rings. The first-order valence-corrected chi connectivity index (χ1v) is 15.9. The van der Waals surface area contributed by atoms with Gasteiger partial charge in [0.1, 0.15) is 23.3 Å². The number of imide groups is 2. The maximum Gasteiger partial charge on any atom is 0.261 e. The molecule has 9 rings (SSSR count). The molecular weight excluding hydrogens is 648 g/mol. The Morgan fingerprint density at radius 1 is 0.380 bits per heavy atom. The van der Waals surface area contributed by atoms with Crippen molar-refractivity contribution in [1.82, 2.24) is 9.80 Å². The highest BCUT2D eigenvalue weighted by Gasteiger charge is 2.40. The number of amides is 4. The summed E-state index contributed by atoms with van der Waals surface area (Å²) in [5.41, 5.74) is 0.665. The van der Waals surface area contributed by atoms with Gasteiger partial charge in [-0.2, -0.15) is 0 Å². The van der Waals surface area contributed by atoms with Crippen LogP contribution in [0.4, 0.5) is 17.6 Å². The summed E-state index contributed by atoms with van der Waals surface area (Å²) in [6.45, 7) is -0.145. The molecule has 0 radical (unpaired) electrons.